The monoisotopic (exact) mass is 367 g/mol. The second-order valence-electron chi connectivity index (χ2n) is 6.53. The molecular formula is C19H21N5O3. The quantitative estimate of drug-likeness (QED) is 0.689. The third-order valence-corrected chi connectivity index (χ3v) is 4.76. The van der Waals surface area contributed by atoms with Gasteiger partial charge in [-0.3, -0.25) is 9.48 Å². The number of carbonyl (C=O) groups excluding carboxylic acids is 1. The summed E-state index contributed by atoms with van der Waals surface area (Å²) in [5, 5.41) is 20.2. The Hall–Kier alpha value is -3.00. The Kier molecular flexibility index (Phi) is 4.72. The number of fused-ring (bicyclic) bond motifs is 1. The maximum Gasteiger partial charge on any atom is 0.272 e. The highest BCUT2D eigenvalue weighted by atomic mass is 16.5. The minimum Gasteiger partial charge on any atom is -0.394 e. The number of aliphatic hydroxyl groups excluding tert-OH is 1. The number of carbonyl (C=O) groups is 1. The zero-order valence-electron chi connectivity index (χ0n) is 15.1. The molecule has 27 heavy (non-hydrogen) atoms. The van der Waals surface area contributed by atoms with Crippen molar-refractivity contribution < 1.29 is 14.4 Å². The molecule has 0 radical (unpaired) electrons. The molecule has 0 saturated carbocycles. The average molecular weight is 367 g/mol. The van der Waals surface area contributed by atoms with E-state index in [0.717, 1.165) is 24.0 Å². The zero-order valence-corrected chi connectivity index (χ0v) is 15.1. The van der Waals surface area contributed by atoms with E-state index in [0.29, 0.717) is 30.4 Å². The maximum absolute atomic E-state index is 12.5. The third-order valence-electron chi connectivity index (χ3n) is 4.76. The Bertz CT molecular complexity index is 962. The molecule has 140 valence electrons. The largest absolute Gasteiger partial charge is 0.394 e. The van der Waals surface area contributed by atoms with Crippen molar-refractivity contribution in [1.29, 1.82) is 0 Å². The lowest BCUT2D eigenvalue weighted by atomic mass is 10.0. The van der Waals surface area contributed by atoms with E-state index in [2.05, 4.69) is 26.6 Å². The van der Waals surface area contributed by atoms with Gasteiger partial charge in [-0.25, -0.2) is 0 Å². The molecular weight excluding hydrogens is 346 g/mol. The van der Waals surface area contributed by atoms with E-state index < -0.39 is 0 Å². The van der Waals surface area contributed by atoms with Crippen LogP contribution in [-0.4, -0.2) is 37.5 Å². The molecule has 0 saturated heterocycles. The van der Waals surface area contributed by atoms with Crippen LogP contribution in [0.4, 0.5) is 0 Å². The minimum absolute atomic E-state index is 0.0127. The Morgan fingerprint density at radius 2 is 2.30 bits per heavy atom. The fourth-order valence-corrected chi connectivity index (χ4v) is 3.36. The van der Waals surface area contributed by atoms with Crippen LogP contribution in [0.5, 0.6) is 0 Å². The molecule has 0 fully saturated rings. The fourth-order valence-electron chi connectivity index (χ4n) is 3.36. The van der Waals surface area contributed by atoms with E-state index >= 15 is 0 Å². The molecule has 4 rings (SSSR count). The SMILES string of the molecule is CCc1nc(-c2ccc3c(c2)CCC3NC(=O)c2ccn(CCO)n2)no1. The molecule has 3 aromatic rings. The van der Waals surface area contributed by atoms with Crippen molar-refractivity contribution in [3.8, 4) is 11.4 Å². The molecule has 2 N–H and O–H groups in total. The van der Waals surface area contributed by atoms with Crippen LogP contribution in [0.2, 0.25) is 0 Å². The molecule has 8 nitrogen and oxygen atoms in total. The number of nitrogens with zero attached hydrogens (tertiary/aromatic N) is 4. The second-order valence-corrected chi connectivity index (χ2v) is 6.53. The standard InChI is InChI=1S/C19H21N5O3/c1-2-17-21-18(23-27-17)13-3-5-14-12(11-13)4-6-15(14)20-19(26)16-7-8-24(22-16)9-10-25/h3,5,7-8,11,15,25H,2,4,6,9-10H2,1H3,(H,20,26). The van der Waals surface area contributed by atoms with Crippen LogP contribution in [0, 0.1) is 0 Å². The van der Waals surface area contributed by atoms with Gasteiger partial charge in [0.15, 0.2) is 0 Å². The molecule has 0 bridgehead atoms. The van der Waals surface area contributed by atoms with E-state index in [1.807, 2.05) is 19.1 Å². The Morgan fingerprint density at radius 1 is 1.41 bits per heavy atom. The van der Waals surface area contributed by atoms with E-state index in [9.17, 15) is 4.79 Å². The molecule has 1 aromatic carbocycles. The van der Waals surface area contributed by atoms with Crippen molar-refractivity contribution >= 4 is 5.91 Å². The smallest absolute Gasteiger partial charge is 0.272 e. The molecule has 8 heteroatoms. The van der Waals surface area contributed by atoms with E-state index in [1.54, 1.807) is 16.9 Å². The van der Waals surface area contributed by atoms with Gasteiger partial charge < -0.3 is 14.9 Å². The fraction of sp³-hybridized carbons (Fsp3) is 0.368. The van der Waals surface area contributed by atoms with Crippen molar-refractivity contribution in [1.82, 2.24) is 25.2 Å². The molecule has 0 spiro atoms. The summed E-state index contributed by atoms with van der Waals surface area (Å²) < 4.78 is 6.74. The van der Waals surface area contributed by atoms with Gasteiger partial charge in [-0.1, -0.05) is 24.2 Å². The Morgan fingerprint density at radius 3 is 3.07 bits per heavy atom. The summed E-state index contributed by atoms with van der Waals surface area (Å²) in [5.74, 6) is 1.01. The van der Waals surface area contributed by atoms with E-state index in [-0.39, 0.29) is 18.6 Å². The van der Waals surface area contributed by atoms with Gasteiger partial charge in [-0.2, -0.15) is 10.1 Å². The summed E-state index contributed by atoms with van der Waals surface area (Å²) in [6.45, 7) is 2.33. The van der Waals surface area contributed by atoms with E-state index in [4.69, 9.17) is 9.63 Å². The first-order chi connectivity index (χ1) is 13.2. The lowest BCUT2D eigenvalue weighted by Crippen LogP contribution is -2.27. The molecule has 2 heterocycles. The van der Waals surface area contributed by atoms with Gasteiger partial charge in [0.2, 0.25) is 11.7 Å². The molecule has 1 aliphatic rings. The van der Waals surface area contributed by atoms with Gasteiger partial charge in [0.25, 0.3) is 5.91 Å². The van der Waals surface area contributed by atoms with Gasteiger partial charge in [0, 0.05) is 18.2 Å². The molecule has 1 amide bonds. The molecule has 2 aromatic heterocycles. The highest BCUT2D eigenvalue weighted by molar-refractivity contribution is 5.92. The number of benzene rings is 1. The summed E-state index contributed by atoms with van der Waals surface area (Å²) in [7, 11) is 0. The van der Waals surface area contributed by atoms with Crippen LogP contribution in [0.15, 0.2) is 35.0 Å². The van der Waals surface area contributed by atoms with Crippen molar-refractivity contribution in [2.75, 3.05) is 6.61 Å². The molecule has 1 aliphatic carbocycles. The summed E-state index contributed by atoms with van der Waals surface area (Å²) >= 11 is 0. The summed E-state index contributed by atoms with van der Waals surface area (Å²) in [5.41, 5.74) is 3.58. The van der Waals surface area contributed by atoms with Crippen LogP contribution in [-0.2, 0) is 19.4 Å². The zero-order chi connectivity index (χ0) is 18.8. The predicted molar refractivity (Wildman–Crippen MR) is 97.0 cm³/mol. The van der Waals surface area contributed by atoms with Crippen LogP contribution >= 0.6 is 0 Å². The molecule has 0 aliphatic heterocycles. The van der Waals surface area contributed by atoms with Crippen molar-refractivity contribution in [3.05, 3.63) is 53.2 Å². The second kappa shape index (κ2) is 7.32. The number of aliphatic hydroxyl groups is 1. The Balaban J connectivity index is 1.49. The van der Waals surface area contributed by atoms with Crippen molar-refractivity contribution in [2.45, 2.75) is 38.8 Å². The lowest BCUT2D eigenvalue weighted by molar-refractivity contribution is 0.0930. The maximum atomic E-state index is 12.5. The van der Waals surface area contributed by atoms with Crippen molar-refractivity contribution in [3.63, 3.8) is 0 Å². The highest BCUT2D eigenvalue weighted by Gasteiger charge is 2.26. The van der Waals surface area contributed by atoms with Gasteiger partial charge >= 0.3 is 0 Å². The molecule has 1 unspecified atom stereocenters. The van der Waals surface area contributed by atoms with Crippen LogP contribution in [0.3, 0.4) is 0 Å². The summed E-state index contributed by atoms with van der Waals surface area (Å²) in [6, 6.07) is 7.67. The number of hydrogen-bond acceptors (Lipinski definition) is 6. The topological polar surface area (TPSA) is 106 Å². The van der Waals surface area contributed by atoms with Gasteiger partial charge in [-0.15, -0.1) is 0 Å². The lowest BCUT2D eigenvalue weighted by Gasteiger charge is -2.13. The van der Waals surface area contributed by atoms with Gasteiger partial charge in [0.1, 0.15) is 5.69 Å². The Labute approximate surface area is 156 Å². The van der Waals surface area contributed by atoms with Gasteiger partial charge in [0.05, 0.1) is 19.2 Å². The number of aryl methyl sites for hydroxylation is 2. The number of nitrogens with one attached hydrogen (secondary N) is 1. The normalized spacial score (nSPS) is 15.7. The number of amides is 1. The number of aromatic nitrogens is 4. The average Bonchev–Trinajstić information content (AvgIpc) is 3.41. The van der Waals surface area contributed by atoms with Gasteiger partial charge in [-0.05, 0) is 36.1 Å². The third kappa shape index (κ3) is 3.48. The predicted octanol–water partition coefficient (Wildman–Crippen LogP) is 1.91. The van der Waals surface area contributed by atoms with E-state index in [1.165, 1.54) is 5.56 Å². The highest BCUT2D eigenvalue weighted by Crippen LogP contribution is 2.33. The minimum atomic E-state index is -0.209. The number of rotatable bonds is 6. The first-order valence-electron chi connectivity index (χ1n) is 9.09. The van der Waals surface area contributed by atoms with Crippen LogP contribution < -0.4 is 5.32 Å². The first kappa shape index (κ1) is 17.4. The van der Waals surface area contributed by atoms with Crippen LogP contribution in [0.1, 0.15) is 46.9 Å². The summed E-state index contributed by atoms with van der Waals surface area (Å²) in [4.78, 5) is 16.8. The number of hydrogen-bond donors (Lipinski definition) is 2. The summed E-state index contributed by atoms with van der Waals surface area (Å²) in [6.07, 6.45) is 4.12. The van der Waals surface area contributed by atoms with Crippen LogP contribution in [0.25, 0.3) is 11.4 Å². The van der Waals surface area contributed by atoms with Crippen molar-refractivity contribution in [2.24, 2.45) is 0 Å². The first-order valence-corrected chi connectivity index (χ1v) is 9.09. The molecule has 1 atom stereocenters.